The van der Waals surface area contributed by atoms with E-state index in [1.54, 1.807) is 36.4 Å². The summed E-state index contributed by atoms with van der Waals surface area (Å²) < 4.78 is 30.8. The van der Waals surface area contributed by atoms with E-state index in [-0.39, 0.29) is 27.4 Å². The van der Waals surface area contributed by atoms with E-state index in [9.17, 15) is 18.5 Å². The lowest BCUT2D eigenvalue weighted by Crippen LogP contribution is -2.11. The molecule has 0 fully saturated rings. The molecule has 0 aliphatic carbocycles. The SMILES string of the molecule is O=[N+]([O-])c1cc(OS(=O)(=O)c2cccc3ccccc23)c2nn[nH]c2c1. The Bertz CT molecular complexity index is 1260. The van der Waals surface area contributed by atoms with Crippen LogP contribution in [0.25, 0.3) is 21.8 Å². The Kier molecular flexibility index (Phi) is 3.55. The molecule has 0 unspecified atom stereocenters. The van der Waals surface area contributed by atoms with Gasteiger partial charge in [-0.05, 0) is 11.5 Å². The predicted octanol–water partition coefficient (Wildman–Crippen LogP) is 2.79. The van der Waals surface area contributed by atoms with Gasteiger partial charge in [0.25, 0.3) is 5.69 Å². The monoisotopic (exact) mass is 370 g/mol. The van der Waals surface area contributed by atoms with Gasteiger partial charge in [-0.15, -0.1) is 5.10 Å². The Balaban J connectivity index is 1.87. The molecule has 1 N–H and O–H groups in total. The first-order valence-electron chi connectivity index (χ1n) is 7.37. The molecule has 0 aliphatic heterocycles. The minimum Gasteiger partial charge on any atom is -0.376 e. The van der Waals surface area contributed by atoms with Gasteiger partial charge < -0.3 is 4.18 Å². The van der Waals surface area contributed by atoms with Gasteiger partial charge in [-0.3, -0.25) is 15.2 Å². The van der Waals surface area contributed by atoms with Crippen molar-refractivity contribution in [1.29, 1.82) is 0 Å². The highest BCUT2D eigenvalue weighted by Gasteiger charge is 2.24. The maximum atomic E-state index is 12.8. The summed E-state index contributed by atoms with van der Waals surface area (Å²) in [6.45, 7) is 0. The minimum absolute atomic E-state index is 0.0428. The van der Waals surface area contributed by atoms with Gasteiger partial charge in [0, 0.05) is 11.5 Å². The smallest absolute Gasteiger partial charge is 0.339 e. The van der Waals surface area contributed by atoms with E-state index in [1.165, 1.54) is 12.1 Å². The second kappa shape index (κ2) is 5.77. The third-order valence-corrected chi connectivity index (χ3v) is 5.10. The molecule has 0 saturated heterocycles. The number of fused-ring (bicyclic) bond motifs is 2. The highest BCUT2D eigenvalue weighted by Crippen LogP contribution is 2.32. The van der Waals surface area contributed by atoms with E-state index in [0.717, 1.165) is 11.5 Å². The average molecular weight is 370 g/mol. The molecule has 4 rings (SSSR count). The van der Waals surface area contributed by atoms with Crippen LogP contribution in [-0.4, -0.2) is 28.8 Å². The Morgan fingerprint density at radius 1 is 1.08 bits per heavy atom. The lowest BCUT2D eigenvalue weighted by atomic mass is 10.1. The molecule has 0 saturated carbocycles. The molecule has 0 bridgehead atoms. The van der Waals surface area contributed by atoms with E-state index in [4.69, 9.17) is 4.18 Å². The van der Waals surface area contributed by atoms with Crippen LogP contribution in [0, 0.1) is 10.1 Å². The molecule has 0 amide bonds. The fourth-order valence-corrected chi connectivity index (χ4v) is 3.81. The molecule has 1 aromatic heterocycles. The van der Waals surface area contributed by atoms with Gasteiger partial charge in [0.05, 0.1) is 16.5 Å². The van der Waals surface area contributed by atoms with Crippen LogP contribution in [0.5, 0.6) is 5.75 Å². The van der Waals surface area contributed by atoms with Crippen LogP contribution >= 0.6 is 0 Å². The summed E-state index contributed by atoms with van der Waals surface area (Å²) in [4.78, 5) is 10.4. The summed E-state index contributed by atoms with van der Waals surface area (Å²) in [5.41, 5.74) is -0.0617. The Morgan fingerprint density at radius 2 is 1.85 bits per heavy atom. The molecular weight excluding hydrogens is 360 g/mol. The summed E-state index contributed by atoms with van der Waals surface area (Å²) in [6.07, 6.45) is 0. The van der Waals surface area contributed by atoms with E-state index < -0.39 is 15.0 Å². The highest BCUT2D eigenvalue weighted by atomic mass is 32.2. The van der Waals surface area contributed by atoms with Crippen molar-refractivity contribution in [3.8, 4) is 5.75 Å². The molecule has 0 spiro atoms. The van der Waals surface area contributed by atoms with Crippen molar-refractivity contribution in [2.24, 2.45) is 0 Å². The molecule has 10 heteroatoms. The molecule has 130 valence electrons. The van der Waals surface area contributed by atoms with Gasteiger partial charge in [0.2, 0.25) is 0 Å². The molecule has 3 aromatic carbocycles. The van der Waals surface area contributed by atoms with Crippen molar-refractivity contribution in [2.75, 3.05) is 0 Å². The van der Waals surface area contributed by atoms with Gasteiger partial charge in [0.15, 0.2) is 11.3 Å². The molecule has 0 radical (unpaired) electrons. The fourth-order valence-electron chi connectivity index (χ4n) is 2.66. The molecule has 0 atom stereocenters. The van der Waals surface area contributed by atoms with Crippen molar-refractivity contribution >= 4 is 37.6 Å². The topological polar surface area (TPSA) is 128 Å². The van der Waals surface area contributed by atoms with E-state index in [0.29, 0.717) is 5.39 Å². The zero-order valence-electron chi connectivity index (χ0n) is 13.0. The third kappa shape index (κ3) is 2.62. The number of nitro benzene ring substituents is 1. The maximum absolute atomic E-state index is 12.8. The number of nitro groups is 1. The number of H-pyrrole nitrogens is 1. The predicted molar refractivity (Wildman–Crippen MR) is 92.3 cm³/mol. The van der Waals surface area contributed by atoms with Crippen LogP contribution < -0.4 is 4.18 Å². The first-order chi connectivity index (χ1) is 12.5. The first-order valence-corrected chi connectivity index (χ1v) is 8.78. The van der Waals surface area contributed by atoms with Gasteiger partial charge >= 0.3 is 10.1 Å². The Labute approximate surface area is 146 Å². The van der Waals surface area contributed by atoms with E-state index in [2.05, 4.69) is 15.4 Å². The lowest BCUT2D eigenvalue weighted by Gasteiger charge is -2.09. The molecular formula is C16H10N4O5S. The quantitative estimate of drug-likeness (QED) is 0.332. The highest BCUT2D eigenvalue weighted by molar-refractivity contribution is 7.87. The van der Waals surface area contributed by atoms with Gasteiger partial charge in [-0.1, -0.05) is 41.6 Å². The largest absolute Gasteiger partial charge is 0.376 e. The van der Waals surface area contributed by atoms with Crippen LogP contribution in [0.2, 0.25) is 0 Å². The number of non-ortho nitro benzene ring substituents is 1. The zero-order valence-corrected chi connectivity index (χ0v) is 13.8. The van der Waals surface area contributed by atoms with Crippen LogP contribution in [-0.2, 0) is 10.1 Å². The van der Waals surface area contributed by atoms with Gasteiger partial charge in [-0.2, -0.15) is 8.42 Å². The fraction of sp³-hybridized carbons (Fsp3) is 0. The molecule has 26 heavy (non-hydrogen) atoms. The van der Waals surface area contributed by atoms with Gasteiger partial charge in [-0.25, -0.2) is 0 Å². The van der Waals surface area contributed by atoms with Crippen LogP contribution in [0.15, 0.2) is 59.5 Å². The number of benzene rings is 3. The summed E-state index contributed by atoms with van der Waals surface area (Å²) >= 11 is 0. The summed E-state index contributed by atoms with van der Waals surface area (Å²) in [7, 11) is -4.26. The average Bonchev–Trinajstić information content (AvgIpc) is 3.10. The summed E-state index contributed by atoms with van der Waals surface area (Å²) in [6, 6.07) is 13.9. The van der Waals surface area contributed by atoms with E-state index in [1.807, 2.05) is 0 Å². The molecule has 4 aromatic rings. The van der Waals surface area contributed by atoms with Crippen molar-refractivity contribution in [2.45, 2.75) is 4.90 Å². The standard InChI is InChI=1S/C16H10N4O5S/c21-20(22)11-8-13-16(18-19-17-13)14(9-11)25-26(23,24)15-7-3-5-10-4-1-2-6-12(10)15/h1-9H,(H,17,18,19). The van der Waals surface area contributed by atoms with Crippen LogP contribution in [0.4, 0.5) is 5.69 Å². The Morgan fingerprint density at radius 3 is 2.65 bits per heavy atom. The molecule has 9 nitrogen and oxygen atoms in total. The number of nitrogens with one attached hydrogen (secondary N) is 1. The molecule has 0 aliphatic rings. The number of rotatable bonds is 4. The van der Waals surface area contributed by atoms with Crippen LogP contribution in [0.3, 0.4) is 0 Å². The zero-order chi connectivity index (χ0) is 18.3. The summed E-state index contributed by atoms with van der Waals surface area (Å²) in [5, 5.41) is 22.0. The van der Waals surface area contributed by atoms with Crippen molar-refractivity contribution < 1.29 is 17.5 Å². The van der Waals surface area contributed by atoms with Crippen molar-refractivity contribution in [3.05, 3.63) is 64.7 Å². The van der Waals surface area contributed by atoms with Crippen molar-refractivity contribution in [3.63, 3.8) is 0 Å². The number of nitrogens with zero attached hydrogens (tertiary/aromatic N) is 3. The first kappa shape index (κ1) is 16.0. The van der Waals surface area contributed by atoms with Crippen LogP contribution in [0.1, 0.15) is 0 Å². The van der Waals surface area contributed by atoms with E-state index >= 15 is 0 Å². The second-order valence-corrected chi connectivity index (χ2v) is 6.94. The maximum Gasteiger partial charge on any atom is 0.339 e. The van der Waals surface area contributed by atoms with Gasteiger partial charge in [0.1, 0.15) is 4.90 Å². The normalized spacial score (nSPS) is 11.7. The molecule has 1 heterocycles. The Hall–Kier alpha value is -3.53. The van der Waals surface area contributed by atoms with Crippen molar-refractivity contribution in [1.82, 2.24) is 15.4 Å². The third-order valence-electron chi connectivity index (χ3n) is 3.81. The number of hydrogen-bond acceptors (Lipinski definition) is 7. The summed E-state index contributed by atoms with van der Waals surface area (Å²) in [5.74, 6) is -0.268. The number of aromatic nitrogens is 3. The number of aromatic amines is 1. The minimum atomic E-state index is -4.26. The lowest BCUT2D eigenvalue weighted by molar-refractivity contribution is -0.384. The number of hydrogen-bond donors (Lipinski definition) is 1. The second-order valence-electron chi connectivity index (χ2n) is 5.42.